The van der Waals surface area contributed by atoms with Gasteiger partial charge in [0.25, 0.3) is 10.0 Å². The maximum atomic E-state index is 13.5. The summed E-state index contributed by atoms with van der Waals surface area (Å²) in [5.74, 6) is -0.433. The fourth-order valence-corrected chi connectivity index (χ4v) is 6.45. The van der Waals surface area contributed by atoms with Crippen LogP contribution >= 0.6 is 15.9 Å². The van der Waals surface area contributed by atoms with E-state index in [0.29, 0.717) is 17.0 Å². The third kappa shape index (κ3) is 4.71. The molecule has 0 bridgehead atoms. The van der Waals surface area contributed by atoms with Gasteiger partial charge in [-0.3, -0.25) is 9.10 Å². The lowest BCUT2D eigenvalue weighted by Gasteiger charge is -2.43. The number of sulfonamides is 1. The SMILES string of the molecule is COC(=O)C1(C#N)CC(CC2CN(S(=O)(=O)c3cccc(C(F)(F)F)c3)c3cc(Br)ccc3O2)C1. The Labute approximate surface area is 208 Å². The topological polar surface area (TPSA) is 96.7 Å². The summed E-state index contributed by atoms with van der Waals surface area (Å²) in [7, 11) is -3.16. The zero-order chi connectivity index (χ0) is 25.6. The van der Waals surface area contributed by atoms with E-state index in [4.69, 9.17) is 9.47 Å². The van der Waals surface area contributed by atoms with Crippen LogP contribution < -0.4 is 9.04 Å². The van der Waals surface area contributed by atoms with Gasteiger partial charge in [0, 0.05) is 4.47 Å². The average molecular weight is 573 g/mol. The van der Waals surface area contributed by atoms with E-state index in [1.165, 1.54) is 13.2 Å². The minimum Gasteiger partial charge on any atom is -0.486 e. The van der Waals surface area contributed by atoms with Crippen molar-refractivity contribution in [2.24, 2.45) is 11.3 Å². The number of nitriles is 1. The molecule has 0 saturated heterocycles. The molecule has 12 heteroatoms. The summed E-state index contributed by atoms with van der Waals surface area (Å²) in [4.78, 5) is 11.5. The van der Waals surface area contributed by atoms with Crippen LogP contribution in [0.2, 0.25) is 0 Å². The average Bonchev–Trinajstić information content (AvgIpc) is 2.79. The molecule has 2 aliphatic rings. The molecule has 4 rings (SSSR count). The number of anilines is 1. The molecule has 1 heterocycles. The van der Waals surface area contributed by atoms with Crippen LogP contribution in [-0.4, -0.2) is 34.1 Å². The van der Waals surface area contributed by atoms with Gasteiger partial charge in [0.1, 0.15) is 11.9 Å². The van der Waals surface area contributed by atoms with Crippen molar-refractivity contribution < 1.29 is 35.9 Å². The summed E-state index contributed by atoms with van der Waals surface area (Å²) < 4.78 is 79.1. The number of hydrogen-bond acceptors (Lipinski definition) is 6. The van der Waals surface area contributed by atoms with E-state index in [1.807, 2.05) is 6.07 Å². The van der Waals surface area contributed by atoms with Gasteiger partial charge in [-0.2, -0.15) is 18.4 Å². The van der Waals surface area contributed by atoms with E-state index in [9.17, 15) is 31.6 Å². The minimum absolute atomic E-state index is 0.0890. The normalized spacial score (nSPS) is 23.9. The van der Waals surface area contributed by atoms with Gasteiger partial charge < -0.3 is 9.47 Å². The molecule has 1 unspecified atom stereocenters. The highest BCUT2D eigenvalue weighted by molar-refractivity contribution is 9.10. The molecular formula is C23H20BrF3N2O5S. The van der Waals surface area contributed by atoms with E-state index in [2.05, 4.69) is 15.9 Å². The van der Waals surface area contributed by atoms with E-state index < -0.39 is 44.1 Å². The molecule has 0 radical (unpaired) electrons. The van der Waals surface area contributed by atoms with Gasteiger partial charge >= 0.3 is 12.1 Å². The van der Waals surface area contributed by atoms with Crippen LogP contribution in [0.1, 0.15) is 24.8 Å². The Morgan fingerprint density at radius 2 is 2.00 bits per heavy atom. The Balaban J connectivity index is 1.63. The van der Waals surface area contributed by atoms with Crippen molar-refractivity contribution >= 4 is 37.6 Å². The van der Waals surface area contributed by atoms with Gasteiger partial charge in [-0.05, 0) is 61.6 Å². The third-order valence-electron chi connectivity index (χ3n) is 6.26. The second-order valence-corrected chi connectivity index (χ2v) is 11.4. The molecule has 1 aliphatic heterocycles. The molecule has 2 aromatic carbocycles. The van der Waals surface area contributed by atoms with Crippen molar-refractivity contribution in [2.45, 2.75) is 36.4 Å². The highest BCUT2D eigenvalue weighted by Gasteiger charge is 2.52. The van der Waals surface area contributed by atoms with E-state index in [-0.39, 0.29) is 36.7 Å². The molecule has 186 valence electrons. The van der Waals surface area contributed by atoms with Gasteiger partial charge in [-0.15, -0.1) is 0 Å². The lowest BCUT2D eigenvalue weighted by molar-refractivity contribution is -0.157. The van der Waals surface area contributed by atoms with Gasteiger partial charge in [0.15, 0.2) is 5.41 Å². The zero-order valence-electron chi connectivity index (χ0n) is 18.4. The number of hydrogen-bond donors (Lipinski definition) is 0. The minimum atomic E-state index is -4.70. The van der Waals surface area contributed by atoms with Crippen LogP contribution in [0.3, 0.4) is 0 Å². The van der Waals surface area contributed by atoms with Crippen LogP contribution in [0.15, 0.2) is 51.8 Å². The monoisotopic (exact) mass is 572 g/mol. The summed E-state index contributed by atoms with van der Waals surface area (Å²) >= 11 is 3.29. The fraction of sp³-hybridized carbons (Fsp3) is 0.391. The van der Waals surface area contributed by atoms with Crippen molar-refractivity contribution in [3.63, 3.8) is 0 Å². The van der Waals surface area contributed by atoms with Crippen molar-refractivity contribution in [3.8, 4) is 11.8 Å². The molecule has 7 nitrogen and oxygen atoms in total. The first-order chi connectivity index (χ1) is 16.4. The van der Waals surface area contributed by atoms with Crippen molar-refractivity contribution in [2.75, 3.05) is 18.0 Å². The van der Waals surface area contributed by atoms with Crippen LogP contribution in [0, 0.1) is 22.7 Å². The fourth-order valence-electron chi connectivity index (χ4n) is 4.56. The van der Waals surface area contributed by atoms with Gasteiger partial charge in [0.2, 0.25) is 0 Å². The molecule has 1 fully saturated rings. The van der Waals surface area contributed by atoms with Gasteiger partial charge in [0.05, 0.1) is 35.9 Å². The van der Waals surface area contributed by atoms with Gasteiger partial charge in [-0.1, -0.05) is 22.0 Å². The number of carbonyl (C=O) groups is 1. The van der Waals surface area contributed by atoms with E-state index >= 15 is 0 Å². The number of fused-ring (bicyclic) bond motifs is 1. The Kier molecular flexibility index (Phi) is 6.53. The predicted molar refractivity (Wildman–Crippen MR) is 122 cm³/mol. The second-order valence-electron chi connectivity index (χ2n) is 8.61. The summed E-state index contributed by atoms with van der Waals surface area (Å²) in [5.41, 5.74) is -2.09. The summed E-state index contributed by atoms with van der Waals surface area (Å²) in [6, 6.07) is 10.4. The first-order valence-electron chi connectivity index (χ1n) is 10.6. The second kappa shape index (κ2) is 9.02. The Morgan fingerprint density at radius 3 is 2.63 bits per heavy atom. The molecule has 0 N–H and O–H groups in total. The van der Waals surface area contributed by atoms with Crippen molar-refractivity contribution in [3.05, 3.63) is 52.5 Å². The number of methoxy groups -OCH3 is 1. The van der Waals surface area contributed by atoms with Crippen molar-refractivity contribution in [1.82, 2.24) is 0 Å². The number of benzene rings is 2. The third-order valence-corrected chi connectivity index (χ3v) is 8.53. The number of ether oxygens (including phenoxy) is 2. The molecule has 0 spiro atoms. The number of halogens is 4. The van der Waals surface area contributed by atoms with E-state index in [1.54, 1.807) is 12.1 Å². The first-order valence-corrected chi connectivity index (χ1v) is 12.8. The summed E-state index contributed by atoms with van der Waals surface area (Å²) in [6.45, 7) is -0.143. The summed E-state index contributed by atoms with van der Waals surface area (Å²) in [6.07, 6.45) is -4.47. The van der Waals surface area contributed by atoms with Crippen LogP contribution in [0.25, 0.3) is 0 Å². The highest BCUT2D eigenvalue weighted by atomic mass is 79.9. The molecule has 0 aromatic heterocycles. The first kappa shape index (κ1) is 25.3. The molecule has 1 aliphatic carbocycles. The molecule has 35 heavy (non-hydrogen) atoms. The van der Waals surface area contributed by atoms with Crippen LogP contribution in [-0.2, 0) is 25.7 Å². The molecule has 1 saturated carbocycles. The smallest absolute Gasteiger partial charge is 0.416 e. The van der Waals surface area contributed by atoms with Gasteiger partial charge in [-0.25, -0.2) is 8.42 Å². The Morgan fingerprint density at radius 1 is 1.29 bits per heavy atom. The molecule has 2 aromatic rings. The number of nitrogens with zero attached hydrogens (tertiary/aromatic N) is 2. The highest BCUT2D eigenvalue weighted by Crippen LogP contribution is 2.49. The zero-order valence-corrected chi connectivity index (χ0v) is 20.8. The Hall–Kier alpha value is -2.78. The quantitative estimate of drug-likeness (QED) is 0.472. The molecule has 0 amide bonds. The standard InChI is InChI=1S/C23H20BrF3N2O5S/c1-33-21(30)22(13-28)10-14(11-22)7-17-12-29(19-9-16(24)5-6-20(19)34-17)35(31,32)18-4-2-3-15(8-18)23(25,26)27/h2-6,8-9,14,17H,7,10-12H2,1H3. The number of esters is 1. The van der Waals surface area contributed by atoms with Crippen LogP contribution in [0.5, 0.6) is 5.75 Å². The molecular weight excluding hydrogens is 553 g/mol. The maximum absolute atomic E-state index is 13.5. The van der Waals surface area contributed by atoms with E-state index in [0.717, 1.165) is 22.5 Å². The lowest BCUT2D eigenvalue weighted by Crippen LogP contribution is -2.48. The molecule has 1 atom stereocenters. The van der Waals surface area contributed by atoms with Crippen LogP contribution in [0.4, 0.5) is 18.9 Å². The Bertz CT molecular complexity index is 1300. The van der Waals surface area contributed by atoms with Crippen molar-refractivity contribution in [1.29, 1.82) is 5.26 Å². The predicted octanol–water partition coefficient (Wildman–Crippen LogP) is 4.91. The number of alkyl halides is 3. The number of carbonyl (C=O) groups excluding carboxylic acids is 1. The number of rotatable bonds is 5. The maximum Gasteiger partial charge on any atom is 0.416 e. The lowest BCUT2D eigenvalue weighted by atomic mass is 9.61. The largest absolute Gasteiger partial charge is 0.486 e. The summed E-state index contributed by atoms with van der Waals surface area (Å²) in [5, 5.41) is 9.42.